The van der Waals surface area contributed by atoms with Gasteiger partial charge in [-0.1, -0.05) is 20.8 Å². The van der Waals surface area contributed by atoms with E-state index in [-0.39, 0.29) is 11.0 Å². The number of hydrogen-bond acceptors (Lipinski definition) is 2. The molecule has 1 aliphatic carbocycles. The Morgan fingerprint density at radius 1 is 1.40 bits per heavy atom. The van der Waals surface area contributed by atoms with E-state index in [9.17, 15) is 4.79 Å². The molecule has 56 valence electrons. The van der Waals surface area contributed by atoms with E-state index in [1.807, 2.05) is 0 Å². The molecule has 0 radical (unpaired) electrons. The monoisotopic (exact) mass is 139 g/mol. The smallest absolute Gasteiger partial charge is 0.211 e. The summed E-state index contributed by atoms with van der Waals surface area (Å²) >= 11 is 0. The molecule has 2 heteroatoms. The summed E-state index contributed by atoms with van der Waals surface area (Å²) in [5.41, 5.74) is 0.0686. The van der Waals surface area contributed by atoms with E-state index in [2.05, 4.69) is 25.8 Å². The van der Waals surface area contributed by atoms with Crippen molar-refractivity contribution in [2.45, 2.75) is 39.2 Å². The summed E-state index contributed by atoms with van der Waals surface area (Å²) in [5.74, 6) is 0. The second-order valence-electron chi connectivity index (χ2n) is 3.98. The fourth-order valence-electron chi connectivity index (χ4n) is 1.24. The SMILES string of the molecule is CC(C)(C)C1(N=C=O)CC1. The molecule has 0 aromatic carbocycles. The molecule has 0 aromatic rings. The molecule has 1 saturated carbocycles. The van der Waals surface area contributed by atoms with Gasteiger partial charge >= 0.3 is 0 Å². The minimum atomic E-state index is -0.0608. The van der Waals surface area contributed by atoms with Gasteiger partial charge in [-0.25, -0.2) is 4.79 Å². The summed E-state index contributed by atoms with van der Waals surface area (Å²) in [4.78, 5) is 13.8. The molecule has 0 spiro atoms. The maximum atomic E-state index is 10.0. The summed E-state index contributed by atoms with van der Waals surface area (Å²) in [6, 6.07) is 0. The molecule has 10 heavy (non-hydrogen) atoms. The topological polar surface area (TPSA) is 29.4 Å². The van der Waals surface area contributed by atoms with Crippen LogP contribution in [0.2, 0.25) is 0 Å². The lowest BCUT2D eigenvalue weighted by molar-refractivity contribution is 0.302. The molecular weight excluding hydrogens is 126 g/mol. The van der Waals surface area contributed by atoms with Crippen molar-refractivity contribution in [3.8, 4) is 0 Å². The normalized spacial score (nSPS) is 21.5. The maximum Gasteiger partial charge on any atom is 0.235 e. The molecule has 0 amide bonds. The quantitative estimate of drug-likeness (QED) is 0.403. The lowest BCUT2D eigenvalue weighted by atomic mass is 9.85. The molecule has 0 saturated heterocycles. The van der Waals surface area contributed by atoms with Crippen LogP contribution in [0, 0.1) is 5.41 Å². The first-order valence-electron chi connectivity index (χ1n) is 3.61. The zero-order valence-corrected chi connectivity index (χ0v) is 6.77. The molecule has 1 rings (SSSR count). The van der Waals surface area contributed by atoms with Crippen LogP contribution in [-0.2, 0) is 4.79 Å². The highest BCUT2D eigenvalue weighted by molar-refractivity contribution is 5.37. The first-order valence-corrected chi connectivity index (χ1v) is 3.61. The second kappa shape index (κ2) is 1.93. The predicted molar refractivity (Wildman–Crippen MR) is 39.5 cm³/mol. The minimum Gasteiger partial charge on any atom is -0.211 e. The van der Waals surface area contributed by atoms with Crippen LogP contribution in [0.25, 0.3) is 0 Å². The van der Waals surface area contributed by atoms with Gasteiger partial charge in [-0.2, -0.15) is 4.99 Å². The van der Waals surface area contributed by atoms with Crippen molar-refractivity contribution >= 4 is 6.08 Å². The Labute approximate surface area is 61.3 Å². The molecule has 0 aliphatic heterocycles. The highest BCUT2D eigenvalue weighted by Crippen LogP contribution is 2.52. The van der Waals surface area contributed by atoms with Crippen molar-refractivity contribution < 1.29 is 4.79 Å². The number of rotatable bonds is 1. The standard InChI is InChI=1S/C8H13NO/c1-7(2,3)8(4-5-8)9-6-10/h4-5H2,1-3H3. The van der Waals surface area contributed by atoms with Crippen LogP contribution >= 0.6 is 0 Å². The Morgan fingerprint density at radius 2 is 1.90 bits per heavy atom. The third kappa shape index (κ3) is 0.994. The van der Waals surface area contributed by atoms with Gasteiger partial charge in [0.25, 0.3) is 0 Å². The largest absolute Gasteiger partial charge is 0.235 e. The van der Waals surface area contributed by atoms with E-state index in [1.54, 1.807) is 6.08 Å². The van der Waals surface area contributed by atoms with Crippen LogP contribution in [0.4, 0.5) is 0 Å². The second-order valence-corrected chi connectivity index (χ2v) is 3.98. The summed E-state index contributed by atoms with van der Waals surface area (Å²) in [5, 5.41) is 0. The molecule has 1 fully saturated rings. The van der Waals surface area contributed by atoms with Gasteiger partial charge in [0.05, 0.1) is 5.54 Å². The average molecular weight is 139 g/mol. The first kappa shape index (κ1) is 7.49. The third-order valence-electron chi connectivity index (χ3n) is 2.38. The van der Waals surface area contributed by atoms with E-state index in [0.29, 0.717) is 0 Å². The number of isocyanates is 1. The van der Waals surface area contributed by atoms with Crippen molar-refractivity contribution in [1.29, 1.82) is 0 Å². The molecule has 0 heterocycles. The van der Waals surface area contributed by atoms with E-state index in [1.165, 1.54) is 0 Å². The van der Waals surface area contributed by atoms with Crippen LogP contribution in [0.5, 0.6) is 0 Å². The van der Waals surface area contributed by atoms with Crippen LogP contribution in [0.1, 0.15) is 33.6 Å². The molecule has 0 aromatic heterocycles. The fraction of sp³-hybridized carbons (Fsp3) is 0.875. The number of nitrogens with zero attached hydrogens (tertiary/aromatic N) is 1. The van der Waals surface area contributed by atoms with Crippen molar-refractivity contribution in [2.75, 3.05) is 0 Å². The number of aliphatic imine (C=N–C) groups is 1. The zero-order chi connectivity index (χ0) is 7.83. The van der Waals surface area contributed by atoms with Crippen molar-refractivity contribution in [2.24, 2.45) is 10.4 Å². The molecular formula is C8H13NO. The van der Waals surface area contributed by atoms with E-state index in [4.69, 9.17) is 0 Å². The molecule has 0 atom stereocenters. The average Bonchev–Trinajstić information content (AvgIpc) is 2.45. The first-order chi connectivity index (χ1) is 4.52. The Bertz CT molecular complexity index is 180. The number of hydrogen-bond donors (Lipinski definition) is 0. The molecule has 2 nitrogen and oxygen atoms in total. The van der Waals surface area contributed by atoms with E-state index >= 15 is 0 Å². The highest BCUT2D eigenvalue weighted by atomic mass is 16.1. The Hall–Kier alpha value is -0.620. The van der Waals surface area contributed by atoms with Crippen LogP contribution in [-0.4, -0.2) is 11.6 Å². The molecule has 0 bridgehead atoms. The van der Waals surface area contributed by atoms with Crippen molar-refractivity contribution in [3.05, 3.63) is 0 Å². The predicted octanol–water partition coefficient (Wildman–Crippen LogP) is 1.90. The molecule has 1 aliphatic rings. The third-order valence-corrected chi connectivity index (χ3v) is 2.38. The van der Waals surface area contributed by atoms with Gasteiger partial charge in [-0.05, 0) is 18.3 Å². The highest BCUT2D eigenvalue weighted by Gasteiger charge is 2.52. The Morgan fingerprint density at radius 3 is 2.00 bits per heavy atom. The Balaban J connectivity index is 2.79. The lowest BCUT2D eigenvalue weighted by Gasteiger charge is -2.25. The van der Waals surface area contributed by atoms with E-state index in [0.717, 1.165) is 12.8 Å². The van der Waals surface area contributed by atoms with Gasteiger partial charge in [0.2, 0.25) is 6.08 Å². The molecule has 0 N–H and O–H groups in total. The minimum absolute atomic E-state index is 0.0608. The van der Waals surface area contributed by atoms with Crippen molar-refractivity contribution in [3.63, 3.8) is 0 Å². The van der Waals surface area contributed by atoms with Crippen LogP contribution in [0.15, 0.2) is 4.99 Å². The van der Waals surface area contributed by atoms with Gasteiger partial charge in [0.1, 0.15) is 0 Å². The number of carbonyl (C=O) groups excluding carboxylic acids is 1. The summed E-state index contributed by atoms with van der Waals surface area (Å²) < 4.78 is 0. The fourth-order valence-corrected chi connectivity index (χ4v) is 1.24. The van der Waals surface area contributed by atoms with Gasteiger partial charge in [-0.3, -0.25) is 0 Å². The van der Waals surface area contributed by atoms with Gasteiger partial charge in [0, 0.05) is 0 Å². The molecule has 0 unspecified atom stereocenters. The van der Waals surface area contributed by atoms with Gasteiger partial charge < -0.3 is 0 Å². The summed E-state index contributed by atoms with van der Waals surface area (Å²) in [6.07, 6.45) is 3.75. The van der Waals surface area contributed by atoms with Crippen LogP contribution < -0.4 is 0 Å². The van der Waals surface area contributed by atoms with Crippen LogP contribution in [0.3, 0.4) is 0 Å². The summed E-state index contributed by atoms with van der Waals surface area (Å²) in [6.45, 7) is 6.34. The van der Waals surface area contributed by atoms with Gasteiger partial charge in [-0.15, -0.1) is 0 Å². The Kier molecular flexibility index (Phi) is 1.44. The van der Waals surface area contributed by atoms with Gasteiger partial charge in [0.15, 0.2) is 0 Å². The maximum absolute atomic E-state index is 10.0. The lowest BCUT2D eigenvalue weighted by Crippen LogP contribution is -2.25. The van der Waals surface area contributed by atoms with Crippen molar-refractivity contribution in [1.82, 2.24) is 0 Å². The van der Waals surface area contributed by atoms with E-state index < -0.39 is 0 Å². The summed E-state index contributed by atoms with van der Waals surface area (Å²) in [7, 11) is 0. The zero-order valence-electron chi connectivity index (χ0n) is 6.77.